The largest absolute Gasteiger partial charge is 0.508 e. The third-order valence-electron chi connectivity index (χ3n) is 3.41. The lowest BCUT2D eigenvalue weighted by Gasteiger charge is -1.96. The Morgan fingerprint density at radius 1 is 0.952 bits per heavy atom. The molecule has 0 atom stereocenters. The number of imidazole rings is 1. The SMILES string of the molecule is Oc1cccc(-c2nc3ccc(-c4ccco4)cc3[nH]2)c1. The van der Waals surface area contributed by atoms with Crippen molar-refractivity contribution in [2.24, 2.45) is 0 Å². The van der Waals surface area contributed by atoms with E-state index in [-0.39, 0.29) is 5.75 Å². The highest BCUT2D eigenvalue weighted by atomic mass is 16.3. The molecule has 0 aliphatic heterocycles. The highest BCUT2D eigenvalue weighted by molar-refractivity contribution is 5.83. The van der Waals surface area contributed by atoms with E-state index in [1.165, 1.54) is 0 Å². The van der Waals surface area contributed by atoms with E-state index >= 15 is 0 Å². The van der Waals surface area contributed by atoms with E-state index in [1.807, 2.05) is 36.4 Å². The number of rotatable bonds is 2. The van der Waals surface area contributed by atoms with E-state index in [1.54, 1.807) is 24.5 Å². The molecule has 2 aromatic carbocycles. The van der Waals surface area contributed by atoms with Crippen molar-refractivity contribution in [2.45, 2.75) is 0 Å². The van der Waals surface area contributed by atoms with Gasteiger partial charge < -0.3 is 14.5 Å². The van der Waals surface area contributed by atoms with Crippen LogP contribution in [0.4, 0.5) is 0 Å². The van der Waals surface area contributed by atoms with Gasteiger partial charge in [0.15, 0.2) is 0 Å². The van der Waals surface area contributed by atoms with Crippen LogP contribution in [0.15, 0.2) is 65.3 Å². The summed E-state index contributed by atoms with van der Waals surface area (Å²) in [5, 5.41) is 9.56. The number of nitrogens with one attached hydrogen (secondary N) is 1. The minimum Gasteiger partial charge on any atom is -0.508 e. The van der Waals surface area contributed by atoms with Gasteiger partial charge in [0, 0.05) is 11.1 Å². The fraction of sp³-hybridized carbons (Fsp3) is 0. The van der Waals surface area contributed by atoms with Gasteiger partial charge in [-0.2, -0.15) is 0 Å². The Hall–Kier alpha value is -3.01. The number of aromatic hydroxyl groups is 1. The molecule has 0 saturated heterocycles. The van der Waals surface area contributed by atoms with Crippen LogP contribution < -0.4 is 0 Å². The van der Waals surface area contributed by atoms with Gasteiger partial charge in [0.25, 0.3) is 0 Å². The first-order chi connectivity index (χ1) is 10.3. The molecule has 0 fully saturated rings. The molecule has 4 aromatic rings. The van der Waals surface area contributed by atoms with Crippen molar-refractivity contribution in [1.82, 2.24) is 9.97 Å². The quantitative estimate of drug-likeness (QED) is 0.577. The van der Waals surface area contributed by atoms with Crippen LogP contribution in [0, 0.1) is 0 Å². The van der Waals surface area contributed by atoms with Crippen molar-refractivity contribution in [3.63, 3.8) is 0 Å². The molecule has 0 spiro atoms. The summed E-state index contributed by atoms with van der Waals surface area (Å²) in [5.41, 5.74) is 3.66. The molecular weight excluding hydrogens is 264 g/mol. The van der Waals surface area contributed by atoms with E-state index in [0.29, 0.717) is 0 Å². The van der Waals surface area contributed by atoms with Gasteiger partial charge in [-0.1, -0.05) is 12.1 Å². The third kappa shape index (κ3) is 2.07. The lowest BCUT2D eigenvalue weighted by Crippen LogP contribution is -1.79. The Morgan fingerprint density at radius 3 is 2.71 bits per heavy atom. The van der Waals surface area contributed by atoms with Crippen molar-refractivity contribution in [3.05, 3.63) is 60.9 Å². The van der Waals surface area contributed by atoms with Gasteiger partial charge in [0.05, 0.1) is 17.3 Å². The summed E-state index contributed by atoms with van der Waals surface area (Å²) in [4.78, 5) is 7.83. The number of nitrogens with zero attached hydrogens (tertiary/aromatic N) is 1. The van der Waals surface area contributed by atoms with Crippen LogP contribution >= 0.6 is 0 Å². The van der Waals surface area contributed by atoms with Gasteiger partial charge in [-0.25, -0.2) is 4.98 Å². The second-order valence-corrected chi connectivity index (χ2v) is 4.84. The zero-order chi connectivity index (χ0) is 14.2. The fourth-order valence-corrected chi connectivity index (χ4v) is 2.40. The molecule has 4 rings (SSSR count). The Bertz CT molecular complexity index is 908. The van der Waals surface area contributed by atoms with E-state index in [9.17, 15) is 5.11 Å². The second-order valence-electron chi connectivity index (χ2n) is 4.84. The number of furan rings is 1. The normalized spacial score (nSPS) is 11.0. The number of phenols is 1. The second kappa shape index (κ2) is 4.52. The summed E-state index contributed by atoms with van der Waals surface area (Å²) in [6, 6.07) is 16.8. The number of aromatic amines is 1. The molecule has 0 radical (unpaired) electrons. The van der Waals surface area contributed by atoms with Crippen LogP contribution in [0.1, 0.15) is 0 Å². The first-order valence-corrected chi connectivity index (χ1v) is 6.63. The molecule has 0 aliphatic carbocycles. The summed E-state index contributed by atoms with van der Waals surface area (Å²) in [7, 11) is 0. The molecule has 4 heteroatoms. The van der Waals surface area contributed by atoms with Crippen LogP contribution in [-0.2, 0) is 0 Å². The first kappa shape index (κ1) is 11.8. The average Bonchev–Trinajstić information content (AvgIpc) is 3.16. The Labute approximate surface area is 120 Å². The van der Waals surface area contributed by atoms with E-state index in [0.717, 1.165) is 33.7 Å². The number of hydrogen-bond acceptors (Lipinski definition) is 3. The molecule has 0 unspecified atom stereocenters. The Balaban J connectivity index is 1.83. The number of benzene rings is 2. The molecule has 2 aromatic heterocycles. The van der Waals surface area contributed by atoms with Crippen LogP contribution in [0.5, 0.6) is 5.75 Å². The first-order valence-electron chi connectivity index (χ1n) is 6.63. The van der Waals surface area contributed by atoms with Gasteiger partial charge in [-0.15, -0.1) is 0 Å². The third-order valence-corrected chi connectivity index (χ3v) is 3.41. The van der Waals surface area contributed by atoms with E-state index in [4.69, 9.17) is 4.42 Å². The Morgan fingerprint density at radius 2 is 1.90 bits per heavy atom. The Kier molecular flexibility index (Phi) is 2.54. The monoisotopic (exact) mass is 276 g/mol. The minimum atomic E-state index is 0.226. The molecule has 21 heavy (non-hydrogen) atoms. The number of hydrogen-bond donors (Lipinski definition) is 2. The molecule has 0 saturated carbocycles. The number of aromatic nitrogens is 2. The van der Waals surface area contributed by atoms with Gasteiger partial charge in [-0.3, -0.25) is 0 Å². The zero-order valence-corrected chi connectivity index (χ0v) is 11.1. The topological polar surface area (TPSA) is 62.1 Å². The maximum atomic E-state index is 9.56. The summed E-state index contributed by atoms with van der Waals surface area (Å²) in [6.45, 7) is 0. The van der Waals surface area contributed by atoms with Crippen molar-refractivity contribution in [2.75, 3.05) is 0 Å². The van der Waals surface area contributed by atoms with Gasteiger partial charge >= 0.3 is 0 Å². The highest BCUT2D eigenvalue weighted by Gasteiger charge is 2.08. The predicted octanol–water partition coefficient (Wildman–Crippen LogP) is 4.20. The molecule has 0 amide bonds. The van der Waals surface area contributed by atoms with Crippen molar-refractivity contribution in [1.29, 1.82) is 0 Å². The highest BCUT2D eigenvalue weighted by Crippen LogP contribution is 2.27. The standard InChI is InChI=1S/C17H12N2O2/c20-13-4-1-3-12(9-13)17-18-14-7-6-11(10-15(14)19-17)16-5-2-8-21-16/h1-10,20H,(H,18,19). The summed E-state index contributed by atoms with van der Waals surface area (Å²) < 4.78 is 5.41. The maximum absolute atomic E-state index is 9.56. The number of H-pyrrole nitrogens is 1. The van der Waals surface area contributed by atoms with Crippen LogP contribution in [-0.4, -0.2) is 15.1 Å². The van der Waals surface area contributed by atoms with Crippen molar-refractivity contribution < 1.29 is 9.52 Å². The molecule has 2 heterocycles. The van der Waals surface area contributed by atoms with Gasteiger partial charge in [0.1, 0.15) is 17.3 Å². The zero-order valence-electron chi connectivity index (χ0n) is 11.1. The molecular formula is C17H12N2O2. The summed E-state index contributed by atoms with van der Waals surface area (Å²) in [6.07, 6.45) is 1.66. The predicted molar refractivity (Wildman–Crippen MR) is 80.9 cm³/mol. The lowest BCUT2D eigenvalue weighted by atomic mass is 10.1. The van der Waals surface area contributed by atoms with E-state index < -0.39 is 0 Å². The minimum absolute atomic E-state index is 0.226. The molecule has 102 valence electrons. The summed E-state index contributed by atoms with van der Waals surface area (Å²) in [5.74, 6) is 1.78. The smallest absolute Gasteiger partial charge is 0.138 e. The van der Waals surface area contributed by atoms with Gasteiger partial charge in [-0.05, 0) is 42.5 Å². The fourth-order valence-electron chi connectivity index (χ4n) is 2.40. The van der Waals surface area contributed by atoms with Crippen molar-refractivity contribution in [3.8, 4) is 28.5 Å². The number of phenolic OH excluding ortho intramolecular Hbond substituents is 1. The molecule has 2 N–H and O–H groups in total. The average molecular weight is 276 g/mol. The molecule has 0 aliphatic rings. The van der Waals surface area contributed by atoms with Crippen LogP contribution in [0.3, 0.4) is 0 Å². The van der Waals surface area contributed by atoms with Crippen molar-refractivity contribution >= 4 is 11.0 Å². The number of fused-ring (bicyclic) bond motifs is 1. The van der Waals surface area contributed by atoms with Crippen LogP contribution in [0.2, 0.25) is 0 Å². The molecule has 0 bridgehead atoms. The maximum Gasteiger partial charge on any atom is 0.138 e. The lowest BCUT2D eigenvalue weighted by molar-refractivity contribution is 0.475. The molecule has 4 nitrogen and oxygen atoms in total. The van der Waals surface area contributed by atoms with Gasteiger partial charge in [0.2, 0.25) is 0 Å². The summed E-state index contributed by atoms with van der Waals surface area (Å²) >= 11 is 0. The van der Waals surface area contributed by atoms with E-state index in [2.05, 4.69) is 9.97 Å². The van der Waals surface area contributed by atoms with Crippen LogP contribution in [0.25, 0.3) is 33.7 Å².